The maximum atomic E-state index is 11.3. The van der Waals surface area contributed by atoms with Gasteiger partial charge in [0.2, 0.25) is 5.91 Å². The standard InChI is InChI=1S/C13H18N4O/c1-9-16-11-6-10(4-5-12(11)17(9)3)7-15-13(18)8-14-2/h4-6,14H,7-8H2,1-3H3,(H,15,18). The Labute approximate surface area is 106 Å². The Hall–Kier alpha value is -1.88. The first kappa shape index (κ1) is 12.6. The van der Waals surface area contributed by atoms with Gasteiger partial charge in [0.25, 0.3) is 0 Å². The predicted octanol–water partition coefficient (Wildman–Crippen LogP) is 0.717. The second-order valence-corrected chi connectivity index (χ2v) is 4.35. The van der Waals surface area contributed by atoms with Gasteiger partial charge in [-0.15, -0.1) is 0 Å². The number of fused-ring (bicyclic) bond motifs is 1. The van der Waals surface area contributed by atoms with E-state index in [4.69, 9.17) is 0 Å². The highest BCUT2D eigenvalue weighted by Gasteiger charge is 2.05. The molecule has 1 heterocycles. The van der Waals surface area contributed by atoms with Crippen molar-refractivity contribution in [3.05, 3.63) is 29.6 Å². The average molecular weight is 246 g/mol. The van der Waals surface area contributed by atoms with Gasteiger partial charge in [0.15, 0.2) is 0 Å². The van der Waals surface area contributed by atoms with Gasteiger partial charge in [0.1, 0.15) is 5.82 Å². The lowest BCUT2D eigenvalue weighted by Crippen LogP contribution is -2.31. The molecule has 0 saturated heterocycles. The third kappa shape index (κ3) is 2.51. The van der Waals surface area contributed by atoms with E-state index in [0.29, 0.717) is 13.1 Å². The van der Waals surface area contributed by atoms with E-state index >= 15 is 0 Å². The molecule has 5 nitrogen and oxygen atoms in total. The number of hydrogen-bond donors (Lipinski definition) is 2. The number of rotatable bonds is 4. The van der Waals surface area contributed by atoms with Crippen molar-refractivity contribution in [1.82, 2.24) is 20.2 Å². The minimum atomic E-state index is -0.00482. The summed E-state index contributed by atoms with van der Waals surface area (Å²) in [5.41, 5.74) is 3.14. The summed E-state index contributed by atoms with van der Waals surface area (Å²) in [6.45, 7) is 2.85. The maximum absolute atomic E-state index is 11.3. The zero-order valence-corrected chi connectivity index (χ0v) is 10.9. The second kappa shape index (κ2) is 5.18. The number of carbonyl (C=O) groups is 1. The molecule has 1 amide bonds. The quantitative estimate of drug-likeness (QED) is 0.835. The summed E-state index contributed by atoms with van der Waals surface area (Å²) in [5, 5.41) is 5.67. The zero-order valence-electron chi connectivity index (χ0n) is 10.9. The molecular weight excluding hydrogens is 228 g/mol. The van der Waals surface area contributed by atoms with Crippen LogP contribution in [0.5, 0.6) is 0 Å². The van der Waals surface area contributed by atoms with Crippen LogP contribution >= 0.6 is 0 Å². The third-order valence-electron chi connectivity index (χ3n) is 3.00. The molecule has 0 aliphatic rings. The minimum Gasteiger partial charge on any atom is -0.351 e. The van der Waals surface area contributed by atoms with Crippen molar-refractivity contribution in [1.29, 1.82) is 0 Å². The number of aryl methyl sites for hydroxylation is 2. The second-order valence-electron chi connectivity index (χ2n) is 4.35. The van der Waals surface area contributed by atoms with Crippen molar-refractivity contribution >= 4 is 16.9 Å². The molecule has 2 N–H and O–H groups in total. The van der Waals surface area contributed by atoms with E-state index in [-0.39, 0.29) is 5.91 Å². The summed E-state index contributed by atoms with van der Waals surface area (Å²) in [6.07, 6.45) is 0. The Kier molecular flexibility index (Phi) is 3.62. The Morgan fingerprint density at radius 1 is 1.44 bits per heavy atom. The van der Waals surface area contributed by atoms with Gasteiger partial charge in [-0.25, -0.2) is 4.98 Å². The first-order valence-corrected chi connectivity index (χ1v) is 5.95. The van der Waals surface area contributed by atoms with Crippen molar-refractivity contribution in [3.8, 4) is 0 Å². The number of hydrogen-bond acceptors (Lipinski definition) is 3. The molecule has 0 saturated carbocycles. The molecule has 0 atom stereocenters. The Morgan fingerprint density at radius 3 is 2.94 bits per heavy atom. The Morgan fingerprint density at radius 2 is 2.22 bits per heavy atom. The van der Waals surface area contributed by atoms with Gasteiger partial charge >= 0.3 is 0 Å². The van der Waals surface area contributed by atoms with Crippen LogP contribution in [-0.4, -0.2) is 29.1 Å². The van der Waals surface area contributed by atoms with E-state index in [0.717, 1.165) is 22.4 Å². The van der Waals surface area contributed by atoms with Crippen molar-refractivity contribution in [2.45, 2.75) is 13.5 Å². The molecule has 0 aliphatic heterocycles. The fourth-order valence-electron chi connectivity index (χ4n) is 1.90. The van der Waals surface area contributed by atoms with Crippen LogP contribution in [0.2, 0.25) is 0 Å². The van der Waals surface area contributed by atoms with E-state index in [2.05, 4.69) is 20.2 Å². The molecule has 0 unspecified atom stereocenters. The highest BCUT2D eigenvalue weighted by atomic mass is 16.1. The molecule has 1 aromatic heterocycles. The normalized spacial score (nSPS) is 10.8. The number of benzene rings is 1. The number of likely N-dealkylation sites (N-methyl/N-ethyl adjacent to an activating group) is 1. The molecule has 0 radical (unpaired) electrons. The number of carbonyl (C=O) groups excluding carboxylic acids is 1. The van der Waals surface area contributed by atoms with Crippen LogP contribution in [0.4, 0.5) is 0 Å². The Balaban J connectivity index is 2.13. The summed E-state index contributed by atoms with van der Waals surface area (Å²) >= 11 is 0. The fraction of sp³-hybridized carbons (Fsp3) is 0.385. The van der Waals surface area contributed by atoms with Gasteiger partial charge in [0.05, 0.1) is 17.6 Å². The first-order valence-electron chi connectivity index (χ1n) is 5.95. The van der Waals surface area contributed by atoms with Crippen LogP contribution < -0.4 is 10.6 Å². The number of imidazole rings is 1. The van der Waals surface area contributed by atoms with Crippen LogP contribution in [0.25, 0.3) is 11.0 Å². The topological polar surface area (TPSA) is 59.0 Å². The van der Waals surface area contributed by atoms with Crippen LogP contribution in [0.1, 0.15) is 11.4 Å². The van der Waals surface area contributed by atoms with E-state index in [9.17, 15) is 4.79 Å². The van der Waals surface area contributed by atoms with E-state index in [1.807, 2.05) is 32.2 Å². The Bertz CT molecular complexity index is 574. The molecule has 0 bridgehead atoms. The van der Waals surface area contributed by atoms with Crippen LogP contribution in [0.3, 0.4) is 0 Å². The monoisotopic (exact) mass is 246 g/mol. The fourth-order valence-corrected chi connectivity index (χ4v) is 1.90. The number of nitrogens with zero attached hydrogens (tertiary/aromatic N) is 2. The summed E-state index contributed by atoms with van der Waals surface area (Å²) in [5.74, 6) is 0.983. The number of aromatic nitrogens is 2. The van der Waals surface area contributed by atoms with E-state index in [1.165, 1.54) is 0 Å². The highest BCUT2D eigenvalue weighted by Crippen LogP contribution is 2.16. The maximum Gasteiger partial charge on any atom is 0.234 e. The van der Waals surface area contributed by atoms with Crippen molar-refractivity contribution in [2.24, 2.45) is 7.05 Å². The van der Waals surface area contributed by atoms with Gasteiger partial charge in [-0.1, -0.05) is 6.07 Å². The SMILES string of the molecule is CNCC(=O)NCc1ccc2c(c1)nc(C)n2C. The largest absolute Gasteiger partial charge is 0.351 e. The zero-order chi connectivity index (χ0) is 13.1. The lowest BCUT2D eigenvalue weighted by atomic mass is 10.2. The molecule has 1 aromatic carbocycles. The van der Waals surface area contributed by atoms with Gasteiger partial charge < -0.3 is 15.2 Å². The van der Waals surface area contributed by atoms with Crippen molar-refractivity contribution in [2.75, 3.05) is 13.6 Å². The van der Waals surface area contributed by atoms with Gasteiger partial charge in [0, 0.05) is 13.6 Å². The molecule has 2 aromatic rings. The molecule has 2 rings (SSSR count). The highest BCUT2D eigenvalue weighted by molar-refractivity contribution is 5.79. The van der Waals surface area contributed by atoms with Crippen molar-refractivity contribution in [3.63, 3.8) is 0 Å². The molecule has 0 spiro atoms. The van der Waals surface area contributed by atoms with Crippen LogP contribution in [0, 0.1) is 6.92 Å². The van der Waals surface area contributed by atoms with E-state index in [1.54, 1.807) is 7.05 Å². The number of amides is 1. The molecule has 0 fully saturated rings. The lowest BCUT2D eigenvalue weighted by molar-refractivity contribution is -0.120. The smallest absolute Gasteiger partial charge is 0.234 e. The first-order chi connectivity index (χ1) is 8.61. The molecular formula is C13H18N4O. The average Bonchev–Trinajstić information content (AvgIpc) is 2.63. The minimum absolute atomic E-state index is 0.00482. The molecule has 96 valence electrons. The summed E-state index contributed by atoms with van der Waals surface area (Å²) < 4.78 is 2.05. The summed E-state index contributed by atoms with van der Waals surface area (Å²) in [7, 11) is 3.75. The van der Waals surface area contributed by atoms with Gasteiger partial charge in [-0.05, 0) is 31.7 Å². The van der Waals surface area contributed by atoms with Gasteiger partial charge in [-0.2, -0.15) is 0 Å². The molecule has 0 aliphatic carbocycles. The summed E-state index contributed by atoms with van der Waals surface area (Å²) in [6, 6.07) is 6.07. The third-order valence-corrected chi connectivity index (χ3v) is 3.00. The van der Waals surface area contributed by atoms with Gasteiger partial charge in [-0.3, -0.25) is 4.79 Å². The molecule has 5 heteroatoms. The van der Waals surface area contributed by atoms with E-state index < -0.39 is 0 Å². The van der Waals surface area contributed by atoms with Crippen LogP contribution in [-0.2, 0) is 18.4 Å². The molecule has 18 heavy (non-hydrogen) atoms. The van der Waals surface area contributed by atoms with Crippen molar-refractivity contribution < 1.29 is 4.79 Å². The predicted molar refractivity (Wildman–Crippen MR) is 71.2 cm³/mol. The summed E-state index contributed by atoms with van der Waals surface area (Å²) in [4.78, 5) is 15.8. The number of nitrogens with one attached hydrogen (secondary N) is 2. The lowest BCUT2D eigenvalue weighted by Gasteiger charge is -2.05. The van der Waals surface area contributed by atoms with Crippen LogP contribution in [0.15, 0.2) is 18.2 Å².